The Bertz CT molecular complexity index is 466. The molecule has 0 atom stereocenters. The van der Waals surface area contributed by atoms with Gasteiger partial charge in [0.2, 0.25) is 0 Å². The molecule has 2 aromatic rings. The Balaban J connectivity index is 2.80. The van der Waals surface area contributed by atoms with Crippen LogP contribution in [0.25, 0.3) is 11.1 Å². The van der Waals surface area contributed by atoms with Gasteiger partial charge < -0.3 is 4.42 Å². The molecule has 0 aromatic carbocycles. The summed E-state index contributed by atoms with van der Waals surface area (Å²) in [7, 11) is 0. The van der Waals surface area contributed by atoms with Crippen LogP contribution < -0.4 is 0 Å². The van der Waals surface area contributed by atoms with E-state index in [0.29, 0.717) is 0 Å². The molecule has 2 heterocycles. The quantitative estimate of drug-likeness (QED) is 0.641. The summed E-state index contributed by atoms with van der Waals surface area (Å²) in [4.78, 5) is 8.74. The van der Waals surface area contributed by atoms with Crippen molar-refractivity contribution in [2.75, 3.05) is 0 Å². The number of rotatable bonds is 0. The number of aryl methyl sites for hydroxylation is 1. The number of hydrogen-bond donors (Lipinski definition) is 0. The van der Waals surface area contributed by atoms with E-state index in [2.05, 4.69) is 30.7 Å². The van der Waals surface area contributed by atoms with Crippen molar-refractivity contribution < 1.29 is 4.42 Å². The van der Waals surface area contributed by atoms with E-state index in [1.54, 1.807) is 6.26 Å². The lowest BCUT2D eigenvalue weighted by atomic mass is 9.91. The molecule has 0 amide bonds. The van der Waals surface area contributed by atoms with E-state index in [-0.39, 0.29) is 5.41 Å². The second kappa shape index (κ2) is 2.80. The molecule has 0 aliphatic carbocycles. The minimum atomic E-state index is -0.0101. The van der Waals surface area contributed by atoms with Crippen molar-refractivity contribution in [2.24, 2.45) is 0 Å². The van der Waals surface area contributed by atoms with Gasteiger partial charge >= 0.3 is 0 Å². The van der Waals surface area contributed by atoms with Crippen LogP contribution in [0.3, 0.4) is 0 Å². The molecule has 14 heavy (non-hydrogen) atoms. The highest BCUT2D eigenvalue weighted by Gasteiger charge is 2.21. The van der Waals surface area contributed by atoms with Crippen molar-refractivity contribution in [1.82, 2.24) is 9.97 Å². The van der Waals surface area contributed by atoms with Crippen molar-refractivity contribution in [2.45, 2.75) is 33.1 Å². The summed E-state index contributed by atoms with van der Waals surface area (Å²) in [5.74, 6) is 0.795. The van der Waals surface area contributed by atoms with E-state index in [9.17, 15) is 0 Å². The molecule has 0 unspecified atom stereocenters. The summed E-state index contributed by atoms with van der Waals surface area (Å²) in [5, 5.41) is 0. The van der Waals surface area contributed by atoms with Gasteiger partial charge in [-0.15, -0.1) is 0 Å². The largest absolute Gasteiger partial charge is 0.461 e. The van der Waals surface area contributed by atoms with E-state index in [1.807, 2.05) is 13.0 Å². The van der Waals surface area contributed by atoms with Crippen LogP contribution >= 0.6 is 0 Å². The van der Waals surface area contributed by atoms with Gasteiger partial charge in [0.15, 0.2) is 5.58 Å². The highest BCUT2D eigenvalue weighted by atomic mass is 16.3. The molecule has 0 bridgehead atoms. The van der Waals surface area contributed by atoms with Crippen LogP contribution in [0, 0.1) is 6.92 Å². The predicted octanol–water partition coefficient (Wildman–Crippen LogP) is 2.83. The predicted molar refractivity (Wildman–Crippen MR) is 55.2 cm³/mol. The summed E-state index contributed by atoms with van der Waals surface area (Å²) >= 11 is 0. The molecular formula is C11H14N2O. The fourth-order valence-electron chi connectivity index (χ4n) is 1.49. The topological polar surface area (TPSA) is 38.9 Å². The van der Waals surface area contributed by atoms with Crippen LogP contribution in [0.15, 0.2) is 16.7 Å². The van der Waals surface area contributed by atoms with Gasteiger partial charge in [0.05, 0.1) is 12.0 Å². The van der Waals surface area contributed by atoms with Crippen molar-refractivity contribution in [1.29, 1.82) is 0 Å². The third-order valence-electron chi connectivity index (χ3n) is 2.13. The van der Waals surface area contributed by atoms with Gasteiger partial charge in [0.1, 0.15) is 11.3 Å². The van der Waals surface area contributed by atoms with Gasteiger partial charge in [0, 0.05) is 11.5 Å². The zero-order chi connectivity index (χ0) is 10.3. The lowest BCUT2D eigenvalue weighted by Gasteiger charge is -2.17. The molecule has 0 spiro atoms. The summed E-state index contributed by atoms with van der Waals surface area (Å²) in [6.45, 7) is 8.27. The summed E-state index contributed by atoms with van der Waals surface area (Å²) in [6.07, 6.45) is 1.66. The SMILES string of the molecule is Cc1nc(C(C)(C)C)c2occc2n1. The summed E-state index contributed by atoms with van der Waals surface area (Å²) < 4.78 is 5.41. The molecular weight excluding hydrogens is 176 g/mol. The molecule has 74 valence electrons. The second-order valence-corrected chi connectivity index (χ2v) is 4.50. The smallest absolute Gasteiger partial charge is 0.174 e. The first-order valence-electron chi connectivity index (χ1n) is 4.71. The molecule has 2 aromatic heterocycles. The fourth-order valence-corrected chi connectivity index (χ4v) is 1.49. The zero-order valence-electron chi connectivity index (χ0n) is 8.96. The summed E-state index contributed by atoms with van der Waals surface area (Å²) in [5.41, 5.74) is 2.67. The highest BCUT2D eigenvalue weighted by molar-refractivity contribution is 5.75. The maximum atomic E-state index is 5.41. The number of fused-ring (bicyclic) bond motifs is 1. The van der Waals surface area contributed by atoms with E-state index in [4.69, 9.17) is 4.42 Å². The zero-order valence-corrected chi connectivity index (χ0v) is 8.96. The van der Waals surface area contributed by atoms with Crippen LogP contribution in [0.1, 0.15) is 32.3 Å². The van der Waals surface area contributed by atoms with Gasteiger partial charge in [-0.3, -0.25) is 0 Å². The van der Waals surface area contributed by atoms with Crippen molar-refractivity contribution in [3.05, 3.63) is 23.8 Å². The minimum Gasteiger partial charge on any atom is -0.461 e. The first kappa shape index (κ1) is 9.19. The van der Waals surface area contributed by atoms with E-state index in [0.717, 1.165) is 22.6 Å². The molecule has 2 rings (SSSR count). The van der Waals surface area contributed by atoms with Gasteiger partial charge in [-0.2, -0.15) is 0 Å². The van der Waals surface area contributed by atoms with Gasteiger partial charge in [-0.05, 0) is 6.92 Å². The third kappa shape index (κ3) is 1.39. The maximum Gasteiger partial charge on any atom is 0.174 e. The summed E-state index contributed by atoms with van der Waals surface area (Å²) in [6, 6.07) is 1.87. The van der Waals surface area contributed by atoms with Crippen molar-refractivity contribution in [3.8, 4) is 0 Å². The molecule has 0 saturated heterocycles. The highest BCUT2D eigenvalue weighted by Crippen LogP contribution is 2.27. The third-order valence-corrected chi connectivity index (χ3v) is 2.13. The molecule has 0 fully saturated rings. The minimum absolute atomic E-state index is 0.0101. The maximum absolute atomic E-state index is 5.41. The molecule has 0 saturated carbocycles. The standard InChI is InChI=1S/C11H14N2O/c1-7-12-8-5-6-14-9(8)10(13-7)11(2,3)4/h5-6H,1-4H3. The van der Waals surface area contributed by atoms with Crippen LogP contribution in [0.2, 0.25) is 0 Å². The van der Waals surface area contributed by atoms with Gasteiger partial charge in [0.25, 0.3) is 0 Å². The molecule has 0 aliphatic heterocycles. The van der Waals surface area contributed by atoms with Crippen LogP contribution in [-0.4, -0.2) is 9.97 Å². The number of aromatic nitrogens is 2. The van der Waals surface area contributed by atoms with Crippen LogP contribution in [0.5, 0.6) is 0 Å². The van der Waals surface area contributed by atoms with Crippen molar-refractivity contribution in [3.63, 3.8) is 0 Å². The number of furan rings is 1. The Morgan fingerprint density at radius 3 is 2.57 bits per heavy atom. The van der Waals surface area contributed by atoms with E-state index >= 15 is 0 Å². The van der Waals surface area contributed by atoms with Crippen molar-refractivity contribution >= 4 is 11.1 Å². The second-order valence-electron chi connectivity index (χ2n) is 4.50. The Morgan fingerprint density at radius 2 is 1.93 bits per heavy atom. The lowest BCUT2D eigenvalue weighted by molar-refractivity contribution is 0.539. The molecule has 3 heteroatoms. The van der Waals surface area contributed by atoms with Gasteiger partial charge in [-0.1, -0.05) is 20.8 Å². The van der Waals surface area contributed by atoms with E-state index in [1.165, 1.54) is 0 Å². The first-order valence-corrected chi connectivity index (χ1v) is 4.71. The monoisotopic (exact) mass is 190 g/mol. The Labute approximate surface area is 83.2 Å². The molecule has 0 aliphatic rings. The van der Waals surface area contributed by atoms with Crippen LogP contribution in [-0.2, 0) is 5.41 Å². The molecule has 3 nitrogen and oxygen atoms in total. The Morgan fingerprint density at radius 1 is 1.21 bits per heavy atom. The number of hydrogen-bond acceptors (Lipinski definition) is 3. The fraction of sp³-hybridized carbons (Fsp3) is 0.455. The lowest BCUT2D eigenvalue weighted by Crippen LogP contribution is -2.15. The van der Waals surface area contributed by atoms with E-state index < -0.39 is 0 Å². The first-order chi connectivity index (χ1) is 6.48. The Kier molecular flexibility index (Phi) is 1.84. The molecule has 0 N–H and O–H groups in total. The number of nitrogens with zero attached hydrogens (tertiary/aromatic N) is 2. The van der Waals surface area contributed by atoms with Gasteiger partial charge in [-0.25, -0.2) is 9.97 Å². The average molecular weight is 190 g/mol. The normalized spacial score (nSPS) is 12.3. The van der Waals surface area contributed by atoms with Crippen LogP contribution in [0.4, 0.5) is 0 Å². The molecule has 0 radical (unpaired) electrons. The average Bonchev–Trinajstić information content (AvgIpc) is 2.47. The Hall–Kier alpha value is -1.38.